The molecular formula is C10H18N2O2S. The van der Waals surface area contributed by atoms with Gasteiger partial charge >= 0.3 is 0 Å². The van der Waals surface area contributed by atoms with E-state index in [1.54, 1.807) is 0 Å². The van der Waals surface area contributed by atoms with Crippen molar-refractivity contribution in [2.75, 3.05) is 57.4 Å². The van der Waals surface area contributed by atoms with Gasteiger partial charge in [-0.1, -0.05) is 0 Å². The molecule has 4 nitrogen and oxygen atoms in total. The molecule has 2 fully saturated rings. The zero-order chi connectivity index (χ0) is 10.5. The van der Waals surface area contributed by atoms with Crippen LogP contribution in [0.3, 0.4) is 0 Å². The zero-order valence-corrected chi connectivity index (χ0v) is 9.80. The summed E-state index contributed by atoms with van der Waals surface area (Å²) in [6.45, 7) is 5.75. The topological polar surface area (TPSA) is 32.8 Å². The van der Waals surface area contributed by atoms with Crippen molar-refractivity contribution in [2.24, 2.45) is 0 Å². The lowest BCUT2D eigenvalue weighted by atomic mass is 10.3. The van der Waals surface area contributed by atoms with Crippen LogP contribution in [-0.4, -0.2) is 73.2 Å². The van der Waals surface area contributed by atoms with Crippen LogP contribution in [0.25, 0.3) is 0 Å². The van der Waals surface area contributed by atoms with Gasteiger partial charge in [-0.25, -0.2) is 0 Å². The molecule has 2 aliphatic heterocycles. The van der Waals surface area contributed by atoms with E-state index in [9.17, 15) is 4.79 Å². The van der Waals surface area contributed by atoms with Gasteiger partial charge in [-0.15, -0.1) is 0 Å². The maximum absolute atomic E-state index is 11.9. The molecule has 0 unspecified atom stereocenters. The Morgan fingerprint density at radius 1 is 1.13 bits per heavy atom. The van der Waals surface area contributed by atoms with Gasteiger partial charge in [0.15, 0.2) is 0 Å². The lowest BCUT2D eigenvalue weighted by molar-refractivity contribution is -0.133. The highest BCUT2D eigenvalue weighted by Gasteiger charge is 2.20. The van der Waals surface area contributed by atoms with Gasteiger partial charge in [-0.05, 0) is 0 Å². The van der Waals surface area contributed by atoms with E-state index in [1.807, 2.05) is 16.7 Å². The van der Waals surface area contributed by atoms with E-state index in [0.29, 0.717) is 6.54 Å². The molecule has 0 aromatic rings. The molecule has 0 spiro atoms. The molecule has 0 aromatic carbocycles. The third-order valence-electron chi connectivity index (χ3n) is 2.83. The maximum atomic E-state index is 11.9. The Balaban J connectivity index is 1.74. The second kappa shape index (κ2) is 5.72. The van der Waals surface area contributed by atoms with Gasteiger partial charge in [-0.3, -0.25) is 9.69 Å². The molecule has 2 saturated heterocycles. The van der Waals surface area contributed by atoms with Gasteiger partial charge < -0.3 is 9.64 Å². The first-order chi connectivity index (χ1) is 7.36. The standard InChI is InChI=1S/C10H18N2O2S/c13-10(12-3-7-15-8-4-12)9-11-1-5-14-6-2-11/h1-9H2. The number of ether oxygens (including phenoxy) is 1. The molecule has 0 radical (unpaired) electrons. The summed E-state index contributed by atoms with van der Waals surface area (Å²) in [6.07, 6.45) is 0. The van der Waals surface area contributed by atoms with Gasteiger partial charge in [0, 0.05) is 37.7 Å². The minimum atomic E-state index is 0.289. The van der Waals surface area contributed by atoms with Crippen molar-refractivity contribution >= 4 is 17.7 Å². The van der Waals surface area contributed by atoms with Crippen LogP contribution in [-0.2, 0) is 9.53 Å². The first kappa shape index (κ1) is 11.2. The third kappa shape index (κ3) is 3.36. The van der Waals surface area contributed by atoms with Gasteiger partial charge in [-0.2, -0.15) is 11.8 Å². The highest BCUT2D eigenvalue weighted by atomic mass is 32.2. The molecule has 0 aromatic heterocycles. The molecule has 0 atom stereocenters. The van der Waals surface area contributed by atoms with Crippen molar-refractivity contribution in [3.8, 4) is 0 Å². The van der Waals surface area contributed by atoms with Crippen molar-refractivity contribution in [3.05, 3.63) is 0 Å². The lowest BCUT2D eigenvalue weighted by Crippen LogP contribution is -2.47. The quantitative estimate of drug-likeness (QED) is 0.663. The Morgan fingerprint density at radius 3 is 2.47 bits per heavy atom. The van der Waals surface area contributed by atoms with E-state index in [1.165, 1.54) is 0 Å². The Bertz CT molecular complexity index is 213. The van der Waals surface area contributed by atoms with E-state index in [4.69, 9.17) is 4.74 Å². The second-order valence-corrected chi connectivity index (χ2v) is 5.11. The van der Waals surface area contributed by atoms with Crippen LogP contribution in [0.2, 0.25) is 0 Å². The molecule has 2 rings (SSSR count). The summed E-state index contributed by atoms with van der Waals surface area (Å²) in [4.78, 5) is 16.1. The Hall–Kier alpha value is -0.260. The van der Waals surface area contributed by atoms with Crippen LogP contribution in [0, 0.1) is 0 Å². The number of rotatable bonds is 2. The van der Waals surface area contributed by atoms with Crippen molar-refractivity contribution in [2.45, 2.75) is 0 Å². The molecule has 2 heterocycles. The average Bonchev–Trinajstić information content (AvgIpc) is 2.31. The molecular weight excluding hydrogens is 212 g/mol. The summed E-state index contributed by atoms with van der Waals surface area (Å²) in [7, 11) is 0. The third-order valence-corrected chi connectivity index (χ3v) is 3.77. The SMILES string of the molecule is O=C(CN1CCOCC1)N1CCSCC1. The van der Waals surface area contributed by atoms with Crippen LogP contribution in [0.1, 0.15) is 0 Å². The summed E-state index contributed by atoms with van der Waals surface area (Å²) < 4.78 is 5.26. The molecule has 0 saturated carbocycles. The summed E-state index contributed by atoms with van der Waals surface area (Å²) in [6, 6.07) is 0. The van der Waals surface area contributed by atoms with E-state index in [2.05, 4.69) is 4.90 Å². The first-order valence-electron chi connectivity index (χ1n) is 5.52. The number of carbonyl (C=O) groups excluding carboxylic acids is 1. The highest BCUT2D eigenvalue weighted by Crippen LogP contribution is 2.09. The van der Waals surface area contributed by atoms with Crippen molar-refractivity contribution in [3.63, 3.8) is 0 Å². The van der Waals surface area contributed by atoms with E-state index in [-0.39, 0.29) is 5.91 Å². The number of morpholine rings is 1. The normalized spacial score (nSPS) is 24.1. The maximum Gasteiger partial charge on any atom is 0.236 e. The van der Waals surface area contributed by atoms with Gasteiger partial charge in [0.1, 0.15) is 0 Å². The van der Waals surface area contributed by atoms with Crippen LogP contribution in [0.4, 0.5) is 0 Å². The van der Waals surface area contributed by atoms with Crippen LogP contribution < -0.4 is 0 Å². The zero-order valence-electron chi connectivity index (χ0n) is 8.98. The molecule has 0 N–H and O–H groups in total. The van der Waals surface area contributed by atoms with Crippen molar-refractivity contribution < 1.29 is 9.53 Å². The van der Waals surface area contributed by atoms with Crippen molar-refractivity contribution in [1.29, 1.82) is 0 Å². The van der Waals surface area contributed by atoms with Gasteiger partial charge in [0.05, 0.1) is 19.8 Å². The summed E-state index contributed by atoms with van der Waals surface area (Å²) in [5.41, 5.74) is 0. The number of carbonyl (C=O) groups is 1. The highest BCUT2D eigenvalue weighted by molar-refractivity contribution is 7.99. The monoisotopic (exact) mass is 230 g/mol. The summed E-state index contributed by atoms with van der Waals surface area (Å²) >= 11 is 1.93. The predicted molar refractivity (Wildman–Crippen MR) is 61.2 cm³/mol. The molecule has 86 valence electrons. The van der Waals surface area contributed by atoms with E-state index < -0.39 is 0 Å². The predicted octanol–water partition coefficient (Wildman–Crippen LogP) is -0.106. The molecule has 15 heavy (non-hydrogen) atoms. The Morgan fingerprint density at radius 2 is 1.80 bits per heavy atom. The largest absolute Gasteiger partial charge is 0.379 e. The Kier molecular flexibility index (Phi) is 4.29. The number of nitrogens with zero attached hydrogens (tertiary/aromatic N) is 2. The fourth-order valence-electron chi connectivity index (χ4n) is 1.86. The summed E-state index contributed by atoms with van der Waals surface area (Å²) in [5, 5.41) is 0. The van der Waals surface area contributed by atoms with Crippen LogP contribution >= 0.6 is 11.8 Å². The van der Waals surface area contributed by atoms with Gasteiger partial charge in [0.2, 0.25) is 5.91 Å². The average molecular weight is 230 g/mol. The molecule has 1 amide bonds. The second-order valence-electron chi connectivity index (χ2n) is 3.88. The lowest BCUT2D eigenvalue weighted by Gasteiger charge is -2.31. The Labute approximate surface area is 94.9 Å². The van der Waals surface area contributed by atoms with E-state index >= 15 is 0 Å². The number of amides is 1. The molecule has 2 aliphatic rings. The number of thioether (sulfide) groups is 1. The summed E-state index contributed by atoms with van der Waals surface area (Å²) in [5.74, 6) is 2.47. The van der Waals surface area contributed by atoms with Crippen molar-refractivity contribution in [1.82, 2.24) is 9.80 Å². The fraction of sp³-hybridized carbons (Fsp3) is 0.900. The minimum absolute atomic E-state index is 0.289. The molecule has 0 aliphatic carbocycles. The minimum Gasteiger partial charge on any atom is -0.379 e. The smallest absolute Gasteiger partial charge is 0.236 e. The number of hydrogen-bond acceptors (Lipinski definition) is 4. The first-order valence-corrected chi connectivity index (χ1v) is 6.67. The molecule has 0 bridgehead atoms. The number of hydrogen-bond donors (Lipinski definition) is 0. The van der Waals surface area contributed by atoms with Crippen LogP contribution in [0.5, 0.6) is 0 Å². The van der Waals surface area contributed by atoms with Gasteiger partial charge in [0.25, 0.3) is 0 Å². The van der Waals surface area contributed by atoms with Crippen LogP contribution in [0.15, 0.2) is 0 Å². The fourth-order valence-corrected chi connectivity index (χ4v) is 2.77. The molecule has 5 heteroatoms. The van der Waals surface area contributed by atoms with E-state index in [0.717, 1.165) is 50.9 Å².